The fourth-order valence-corrected chi connectivity index (χ4v) is 3.14. The summed E-state index contributed by atoms with van der Waals surface area (Å²) in [6.45, 7) is 1.89. The number of halogens is 1. The van der Waals surface area contributed by atoms with Gasteiger partial charge in [-0.15, -0.1) is 0 Å². The molecule has 98 valence electrons. The lowest BCUT2D eigenvalue weighted by Crippen LogP contribution is -2.37. The minimum absolute atomic E-state index is 0.0774. The van der Waals surface area contributed by atoms with Crippen molar-refractivity contribution < 1.29 is 4.79 Å². The summed E-state index contributed by atoms with van der Waals surface area (Å²) in [5, 5.41) is 4.24. The molecule has 0 unspecified atom stereocenters. The predicted molar refractivity (Wildman–Crippen MR) is 75.0 cm³/mol. The molecule has 0 saturated heterocycles. The summed E-state index contributed by atoms with van der Waals surface area (Å²) in [6.07, 6.45) is 6.34. The van der Waals surface area contributed by atoms with Crippen molar-refractivity contribution in [2.45, 2.75) is 48.9 Å². The highest BCUT2D eigenvalue weighted by Gasteiger charge is 2.22. The Hall–Kier alpha value is -0.740. The second kappa shape index (κ2) is 6.43. The average Bonchev–Trinajstić information content (AvgIpc) is 2.84. The fraction of sp³-hybridized carbons (Fsp3) is 0.538. The Morgan fingerprint density at radius 2 is 2.28 bits per heavy atom. The molecule has 5 heteroatoms. The molecule has 1 amide bonds. The van der Waals surface area contributed by atoms with Crippen LogP contribution in [-0.2, 0) is 4.79 Å². The number of thioether (sulfide) groups is 1. The van der Waals surface area contributed by atoms with E-state index < -0.39 is 0 Å². The van der Waals surface area contributed by atoms with Gasteiger partial charge in [-0.1, -0.05) is 36.2 Å². The Morgan fingerprint density at radius 3 is 2.94 bits per heavy atom. The third kappa shape index (κ3) is 3.62. The minimum atomic E-state index is -0.169. The van der Waals surface area contributed by atoms with E-state index in [1.165, 1.54) is 24.6 Å². The van der Waals surface area contributed by atoms with Crippen LogP contribution in [-0.4, -0.2) is 22.2 Å². The molecule has 1 fully saturated rings. The van der Waals surface area contributed by atoms with Gasteiger partial charge in [0.15, 0.2) is 0 Å². The summed E-state index contributed by atoms with van der Waals surface area (Å²) in [5.41, 5.74) is 0. The standard InChI is InChI=1S/C13H17ClN2OS/c1-9(12(17)16-10-5-2-3-6-10)18-13-11(14)7-4-8-15-13/h4,7-10H,2-3,5-6H2,1H3,(H,16,17)/t9-/m0/s1. The maximum atomic E-state index is 12.0. The van der Waals surface area contributed by atoms with E-state index in [9.17, 15) is 4.79 Å². The zero-order chi connectivity index (χ0) is 13.0. The molecule has 0 radical (unpaired) electrons. The summed E-state index contributed by atoms with van der Waals surface area (Å²) >= 11 is 7.43. The van der Waals surface area contributed by atoms with Crippen molar-refractivity contribution in [3.63, 3.8) is 0 Å². The van der Waals surface area contributed by atoms with Gasteiger partial charge in [0.25, 0.3) is 0 Å². The Morgan fingerprint density at radius 1 is 1.56 bits per heavy atom. The minimum Gasteiger partial charge on any atom is -0.352 e. The van der Waals surface area contributed by atoms with Gasteiger partial charge in [-0.05, 0) is 31.9 Å². The highest BCUT2D eigenvalue weighted by Crippen LogP contribution is 2.28. The topological polar surface area (TPSA) is 42.0 Å². The largest absolute Gasteiger partial charge is 0.352 e. The monoisotopic (exact) mass is 284 g/mol. The third-order valence-electron chi connectivity index (χ3n) is 3.08. The summed E-state index contributed by atoms with van der Waals surface area (Å²) in [6, 6.07) is 3.94. The molecule has 18 heavy (non-hydrogen) atoms. The van der Waals surface area contributed by atoms with Gasteiger partial charge in [-0.25, -0.2) is 4.98 Å². The SMILES string of the molecule is C[C@H](Sc1ncccc1Cl)C(=O)NC1CCCC1. The first-order valence-electron chi connectivity index (χ1n) is 6.24. The lowest BCUT2D eigenvalue weighted by Gasteiger charge is -2.16. The van der Waals surface area contributed by atoms with E-state index in [1.807, 2.05) is 6.92 Å². The number of hydrogen-bond acceptors (Lipinski definition) is 3. The van der Waals surface area contributed by atoms with Crippen molar-refractivity contribution in [1.29, 1.82) is 0 Å². The van der Waals surface area contributed by atoms with E-state index >= 15 is 0 Å². The highest BCUT2D eigenvalue weighted by molar-refractivity contribution is 8.00. The van der Waals surface area contributed by atoms with E-state index in [2.05, 4.69) is 10.3 Å². The molecule has 1 heterocycles. The van der Waals surface area contributed by atoms with Crippen molar-refractivity contribution in [1.82, 2.24) is 10.3 Å². The summed E-state index contributed by atoms with van der Waals surface area (Å²) < 4.78 is 0. The first-order valence-corrected chi connectivity index (χ1v) is 7.50. The number of nitrogens with one attached hydrogen (secondary N) is 1. The quantitative estimate of drug-likeness (QED) is 0.863. The predicted octanol–water partition coefficient (Wildman–Crippen LogP) is 3.27. The molecular weight excluding hydrogens is 268 g/mol. The zero-order valence-corrected chi connectivity index (χ0v) is 11.9. The van der Waals surface area contributed by atoms with Crippen LogP contribution in [0.15, 0.2) is 23.4 Å². The maximum Gasteiger partial charge on any atom is 0.233 e. The first kappa shape index (κ1) is 13.7. The molecule has 0 aromatic carbocycles. The van der Waals surface area contributed by atoms with Crippen molar-refractivity contribution in [2.75, 3.05) is 0 Å². The molecule has 2 rings (SSSR count). The molecule has 1 atom stereocenters. The van der Waals surface area contributed by atoms with Crippen LogP contribution in [0.2, 0.25) is 5.02 Å². The van der Waals surface area contributed by atoms with E-state index in [1.54, 1.807) is 18.3 Å². The molecule has 1 aromatic heterocycles. The second-order valence-electron chi connectivity index (χ2n) is 4.54. The Labute approximate surface area is 117 Å². The third-order valence-corrected chi connectivity index (χ3v) is 4.62. The van der Waals surface area contributed by atoms with Crippen LogP contribution in [0.25, 0.3) is 0 Å². The molecular formula is C13H17ClN2OS. The van der Waals surface area contributed by atoms with Gasteiger partial charge < -0.3 is 5.32 Å². The number of aromatic nitrogens is 1. The molecule has 0 bridgehead atoms. The average molecular weight is 285 g/mol. The van der Waals surface area contributed by atoms with Gasteiger partial charge in [-0.2, -0.15) is 0 Å². The van der Waals surface area contributed by atoms with Gasteiger partial charge in [0, 0.05) is 12.2 Å². The highest BCUT2D eigenvalue weighted by atomic mass is 35.5. The van der Waals surface area contributed by atoms with Crippen LogP contribution >= 0.6 is 23.4 Å². The van der Waals surface area contributed by atoms with Crippen molar-refractivity contribution in [3.05, 3.63) is 23.4 Å². The molecule has 1 aliphatic rings. The van der Waals surface area contributed by atoms with Gasteiger partial charge in [-0.3, -0.25) is 4.79 Å². The number of rotatable bonds is 4. The van der Waals surface area contributed by atoms with E-state index in [4.69, 9.17) is 11.6 Å². The van der Waals surface area contributed by atoms with Crippen LogP contribution in [0.5, 0.6) is 0 Å². The number of carbonyl (C=O) groups excluding carboxylic acids is 1. The number of carbonyl (C=O) groups is 1. The molecule has 1 aromatic rings. The zero-order valence-electron chi connectivity index (χ0n) is 10.4. The lowest BCUT2D eigenvalue weighted by molar-refractivity contribution is -0.120. The number of pyridine rings is 1. The fourth-order valence-electron chi connectivity index (χ4n) is 2.07. The van der Waals surface area contributed by atoms with E-state index in [0.717, 1.165) is 12.8 Å². The van der Waals surface area contributed by atoms with E-state index in [-0.39, 0.29) is 11.2 Å². The molecule has 1 aliphatic carbocycles. The van der Waals surface area contributed by atoms with Crippen molar-refractivity contribution in [3.8, 4) is 0 Å². The van der Waals surface area contributed by atoms with Gasteiger partial charge in [0.1, 0.15) is 5.03 Å². The van der Waals surface area contributed by atoms with Crippen LogP contribution in [0.4, 0.5) is 0 Å². The normalized spacial score (nSPS) is 17.7. The van der Waals surface area contributed by atoms with Gasteiger partial charge >= 0.3 is 0 Å². The Kier molecular flexibility index (Phi) is 4.89. The van der Waals surface area contributed by atoms with Gasteiger partial charge in [0.05, 0.1) is 10.3 Å². The molecule has 3 nitrogen and oxygen atoms in total. The number of nitrogens with zero attached hydrogens (tertiary/aromatic N) is 1. The Bertz CT molecular complexity index is 421. The Balaban J connectivity index is 1.89. The number of hydrogen-bond donors (Lipinski definition) is 1. The summed E-state index contributed by atoms with van der Waals surface area (Å²) in [7, 11) is 0. The van der Waals surface area contributed by atoms with Gasteiger partial charge in [0.2, 0.25) is 5.91 Å². The van der Waals surface area contributed by atoms with Crippen LogP contribution < -0.4 is 5.32 Å². The van der Waals surface area contributed by atoms with Crippen LogP contribution in [0, 0.1) is 0 Å². The van der Waals surface area contributed by atoms with Crippen molar-refractivity contribution in [2.24, 2.45) is 0 Å². The molecule has 0 aliphatic heterocycles. The summed E-state index contributed by atoms with van der Waals surface area (Å²) in [5.74, 6) is 0.0774. The molecule has 1 saturated carbocycles. The van der Waals surface area contributed by atoms with Crippen LogP contribution in [0.3, 0.4) is 0 Å². The lowest BCUT2D eigenvalue weighted by atomic mass is 10.2. The number of amides is 1. The van der Waals surface area contributed by atoms with Crippen LogP contribution in [0.1, 0.15) is 32.6 Å². The summed E-state index contributed by atoms with van der Waals surface area (Å²) in [4.78, 5) is 16.2. The van der Waals surface area contributed by atoms with E-state index in [0.29, 0.717) is 16.1 Å². The molecule has 0 spiro atoms. The smallest absolute Gasteiger partial charge is 0.233 e. The molecule has 1 N–H and O–H groups in total. The maximum absolute atomic E-state index is 12.0. The second-order valence-corrected chi connectivity index (χ2v) is 6.28. The van der Waals surface area contributed by atoms with Crippen molar-refractivity contribution >= 4 is 29.3 Å². The first-order chi connectivity index (χ1) is 8.66.